The van der Waals surface area contributed by atoms with Crippen molar-refractivity contribution in [3.8, 4) is 0 Å². The Balaban J connectivity index is 3.32. The number of esters is 1. The predicted molar refractivity (Wildman–Crippen MR) is 141 cm³/mol. The molecule has 0 N–H and O–H groups in total. The SMILES string of the molecule is CCCCCCCCCCCCCCCCCCCCCC(=O)OC(CC)N(CC)CC. The van der Waals surface area contributed by atoms with Gasteiger partial charge in [-0.1, -0.05) is 143 Å². The molecular weight excluding hydrogens is 394 g/mol. The molecular formula is C29H59NO2. The molecule has 0 spiro atoms. The van der Waals surface area contributed by atoms with Crippen molar-refractivity contribution in [1.29, 1.82) is 0 Å². The Kier molecular flexibility index (Phi) is 24.6. The summed E-state index contributed by atoms with van der Waals surface area (Å²) in [5.74, 6) is -0.0178. The van der Waals surface area contributed by atoms with Crippen LogP contribution in [0.4, 0.5) is 0 Å². The molecule has 0 aromatic rings. The van der Waals surface area contributed by atoms with Gasteiger partial charge in [-0.2, -0.15) is 0 Å². The third-order valence-electron chi connectivity index (χ3n) is 6.82. The van der Waals surface area contributed by atoms with Crippen molar-refractivity contribution >= 4 is 5.97 Å². The first-order valence-electron chi connectivity index (χ1n) is 14.6. The highest BCUT2D eigenvalue weighted by atomic mass is 16.6. The van der Waals surface area contributed by atoms with Crippen LogP contribution in [-0.4, -0.2) is 30.2 Å². The summed E-state index contributed by atoms with van der Waals surface area (Å²) < 4.78 is 5.67. The highest BCUT2D eigenvalue weighted by Gasteiger charge is 2.17. The second kappa shape index (κ2) is 25.1. The van der Waals surface area contributed by atoms with Gasteiger partial charge in [-0.15, -0.1) is 0 Å². The molecule has 0 bridgehead atoms. The van der Waals surface area contributed by atoms with Crippen LogP contribution in [0.1, 0.15) is 163 Å². The lowest BCUT2D eigenvalue weighted by molar-refractivity contribution is -0.159. The molecule has 0 aromatic heterocycles. The Hall–Kier alpha value is -0.570. The van der Waals surface area contributed by atoms with Gasteiger partial charge in [0, 0.05) is 6.42 Å². The van der Waals surface area contributed by atoms with Gasteiger partial charge in [-0.3, -0.25) is 9.69 Å². The molecule has 1 atom stereocenters. The van der Waals surface area contributed by atoms with E-state index in [1.54, 1.807) is 0 Å². The fraction of sp³-hybridized carbons (Fsp3) is 0.966. The Labute approximate surface area is 202 Å². The maximum absolute atomic E-state index is 12.1. The zero-order chi connectivity index (χ0) is 23.7. The van der Waals surface area contributed by atoms with E-state index in [4.69, 9.17) is 4.74 Å². The third-order valence-corrected chi connectivity index (χ3v) is 6.82. The van der Waals surface area contributed by atoms with Crippen molar-refractivity contribution in [3.63, 3.8) is 0 Å². The molecule has 0 aliphatic carbocycles. The number of carbonyl (C=O) groups excluding carboxylic acids is 1. The second-order valence-electron chi connectivity index (χ2n) is 9.69. The maximum atomic E-state index is 12.1. The number of nitrogens with zero attached hydrogens (tertiary/aromatic N) is 1. The molecule has 0 rings (SSSR count). The second-order valence-corrected chi connectivity index (χ2v) is 9.69. The fourth-order valence-corrected chi connectivity index (χ4v) is 4.61. The highest BCUT2D eigenvalue weighted by molar-refractivity contribution is 5.69. The van der Waals surface area contributed by atoms with E-state index in [1.807, 2.05) is 0 Å². The van der Waals surface area contributed by atoms with E-state index in [0.717, 1.165) is 32.4 Å². The van der Waals surface area contributed by atoms with Crippen LogP contribution in [0.25, 0.3) is 0 Å². The van der Waals surface area contributed by atoms with Crippen molar-refractivity contribution in [2.45, 2.75) is 169 Å². The van der Waals surface area contributed by atoms with Gasteiger partial charge >= 0.3 is 5.97 Å². The normalized spacial score (nSPS) is 12.4. The molecule has 0 aliphatic heterocycles. The van der Waals surface area contributed by atoms with Crippen molar-refractivity contribution in [2.75, 3.05) is 13.1 Å². The van der Waals surface area contributed by atoms with Crippen LogP contribution in [0.15, 0.2) is 0 Å². The van der Waals surface area contributed by atoms with Gasteiger partial charge in [0.1, 0.15) is 0 Å². The highest BCUT2D eigenvalue weighted by Crippen LogP contribution is 2.15. The summed E-state index contributed by atoms with van der Waals surface area (Å²) >= 11 is 0. The van der Waals surface area contributed by atoms with Crippen molar-refractivity contribution in [2.24, 2.45) is 0 Å². The van der Waals surface area contributed by atoms with Crippen LogP contribution < -0.4 is 0 Å². The molecule has 0 heterocycles. The molecule has 0 aromatic carbocycles. The quantitative estimate of drug-likeness (QED) is 0.0783. The minimum absolute atomic E-state index is 0.0178. The third kappa shape index (κ3) is 20.1. The number of rotatable bonds is 25. The first kappa shape index (κ1) is 31.4. The van der Waals surface area contributed by atoms with E-state index in [0.29, 0.717) is 6.42 Å². The summed E-state index contributed by atoms with van der Waals surface area (Å²) in [6.45, 7) is 10.5. The predicted octanol–water partition coefficient (Wildman–Crippen LogP) is 9.43. The lowest BCUT2D eigenvalue weighted by atomic mass is 10.0. The first-order valence-corrected chi connectivity index (χ1v) is 14.6. The minimum Gasteiger partial charge on any atom is -0.446 e. The van der Waals surface area contributed by atoms with E-state index < -0.39 is 0 Å². The number of unbranched alkanes of at least 4 members (excludes halogenated alkanes) is 18. The summed E-state index contributed by atoms with van der Waals surface area (Å²) in [4.78, 5) is 14.3. The molecule has 192 valence electrons. The Morgan fingerprint density at radius 1 is 0.562 bits per heavy atom. The minimum atomic E-state index is -0.0437. The van der Waals surface area contributed by atoms with Gasteiger partial charge in [-0.25, -0.2) is 0 Å². The molecule has 0 radical (unpaired) electrons. The monoisotopic (exact) mass is 453 g/mol. The van der Waals surface area contributed by atoms with Crippen molar-refractivity contribution < 1.29 is 9.53 Å². The summed E-state index contributed by atoms with van der Waals surface area (Å²) in [5, 5.41) is 0. The standard InChI is InChI=1S/C29H59NO2/c1-5-9-10-11-12-13-14-15-16-17-18-19-20-21-22-23-24-25-26-27-29(31)32-28(6-2)30(7-3)8-4/h28H,5-27H2,1-4H3. The Bertz CT molecular complexity index is 381. The molecule has 0 aliphatic rings. The van der Waals surface area contributed by atoms with E-state index >= 15 is 0 Å². The van der Waals surface area contributed by atoms with Crippen LogP contribution in [-0.2, 0) is 9.53 Å². The molecule has 0 fully saturated rings. The van der Waals surface area contributed by atoms with Crippen LogP contribution in [0.5, 0.6) is 0 Å². The van der Waals surface area contributed by atoms with Gasteiger partial charge in [0.05, 0.1) is 0 Å². The molecule has 3 heteroatoms. The van der Waals surface area contributed by atoms with Crippen LogP contribution in [0, 0.1) is 0 Å². The van der Waals surface area contributed by atoms with Crippen molar-refractivity contribution in [3.05, 3.63) is 0 Å². The van der Waals surface area contributed by atoms with Crippen LogP contribution in [0.3, 0.4) is 0 Å². The summed E-state index contributed by atoms with van der Waals surface area (Å²) in [6, 6.07) is 0. The Morgan fingerprint density at radius 2 is 0.906 bits per heavy atom. The number of hydrogen-bond donors (Lipinski definition) is 0. The molecule has 1 unspecified atom stereocenters. The van der Waals surface area contributed by atoms with Gasteiger partial charge in [0.2, 0.25) is 0 Å². The molecule has 32 heavy (non-hydrogen) atoms. The van der Waals surface area contributed by atoms with Gasteiger partial charge in [-0.05, 0) is 25.9 Å². The van der Waals surface area contributed by atoms with Gasteiger partial charge in [0.25, 0.3) is 0 Å². The first-order chi connectivity index (χ1) is 15.7. The summed E-state index contributed by atoms with van der Waals surface area (Å²) in [7, 11) is 0. The number of carbonyl (C=O) groups is 1. The van der Waals surface area contributed by atoms with Gasteiger partial charge in [0.15, 0.2) is 6.23 Å². The molecule has 0 saturated heterocycles. The Morgan fingerprint density at radius 3 is 1.22 bits per heavy atom. The lowest BCUT2D eigenvalue weighted by Crippen LogP contribution is -2.38. The van der Waals surface area contributed by atoms with Crippen molar-refractivity contribution in [1.82, 2.24) is 4.90 Å². The number of hydrogen-bond acceptors (Lipinski definition) is 3. The average molecular weight is 454 g/mol. The average Bonchev–Trinajstić information content (AvgIpc) is 2.80. The zero-order valence-electron chi connectivity index (χ0n) is 22.6. The van der Waals surface area contributed by atoms with E-state index in [9.17, 15) is 4.79 Å². The lowest BCUT2D eigenvalue weighted by Gasteiger charge is -2.28. The van der Waals surface area contributed by atoms with Crippen LogP contribution >= 0.6 is 0 Å². The topological polar surface area (TPSA) is 29.5 Å². The van der Waals surface area contributed by atoms with E-state index in [-0.39, 0.29) is 12.2 Å². The maximum Gasteiger partial charge on any atom is 0.307 e. The summed E-state index contributed by atoms with van der Waals surface area (Å²) in [6.07, 6.45) is 27.6. The van der Waals surface area contributed by atoms with Gasteiger partial charge < -0.3 is 4.74 Å². The van der Waals surface area contributed by atoms with Crippen LogP contribution in [0.2, 0.25) is 0 Å². The van der Waals surface area contributed by atoms with E-state index in [2.05, 4.69) is 32.6 Å². The molecule has 0 amide bonds. The smallest absolute Gasteiger partial charge is 0.307 e. The fourth-order valence-electron chi connectivity index (χ4n) is 4.61. The molecule has 3 nitrogen and oxygen atoms in total. The zero-order valence-corrected chi connectivity index (χ0v) is 22.6. The summed E-state index contributed by atoms with van der Waals surface area (Å²) in [5.41, 5.74) is 0. The largest absolute Gasteiger partial charge is 0.446 e. The van der Waals surface area contributed by atoms with E-state index in [1.165, 1.54) is 109 Å². The molecule has 0 saturated carbocycles. The number of ether oxygens (including phenoxy) is 1.